The average molecular weight is 234 g/mol. The first kappa shape index (κ1) is 12.0. The second kappa shape index (κ2) is 5.21. The minimum absolute atomic E-state index is 0.153. The molecule has 2 aromatic rings. The first-order valence-corrected chi connectivity index (χ1v) is 5.75. The van der Waals surface area contributed by atoms with E-state index in [2.05, 4.69) is 23.3 Å². The van der Waals surface area contributed by atoms with Gasteiger partial charge in [-0.2, -0.15) is 0 Å². The van der Waals surface area contributed by atoms with Crippen LogP contribution in [0.3, 0.4) is 0 Å². The van der Waals surface area contributed by atoms with Crippen molar-refractivity contribution in [1.82, 2.24) is 10.3 Å². The molecule has 0 spiro atoms. The lowest BCUT2D eigenvalue weighted by Gasteiger charge is -2.12. The Kier molecular flexibility index (Phi) is 3.66. The van der Waals surface area contributed by atoms with Gasteiger partial charge < -0.3 is 20.1 Å². The Labute approximate surface area is 101 Å². The number of ether oxygens (including phenoxy) is 1. The molecule has 0 radical (unpaired) electrons. The maximum atomic E-state index is 8.81. The summed E-state index contributed by atoms with van der Waals surface area (Å²) in [6, 6.07) is 6.21. The summed E-state index contributed by atoms with van der Waals surface area (Å²) in [5, 5.41) is 13.2. The van der Waals surface area contributed by atoms with Crippen LogP contribution in [-0.4, -0.2) is 30.4 Å². The van der Waals surface area contributed by atoms with Crippen LogP contribution in [0.1, 0.15) is 18.5 Å². The van der Waals surface area contributed by atoms with Crippen LogP contribution < -0.4 is 10.1 Å². The molecule has 4 nitrogen and oxygen atoms in total. The number of rotatable bonds is 5. The van der Waals surface area contributed by atoms with E-state index in [0.717, 1.165) is 11.3 Å². The maximum absolute atomic E-state index is 8.81. The zero-order chi connectivity index (χ0) is 12.3. The van der Waals surface area contributed by atoms with Crippen molar-refractivity contribution in [3.8, 4) is 5.75 Å². The van der Waals surface area contributed by atoms with Crippen LogP contribution >= 0.6 is 0 Å². The number of nitrogens with one attached hydrogen (secondary N) is 2. The fourth-order valence-corrected chi connectivity index (χ4v) is 2.00. The summed E-state index contributed by atoms with van der Waals surface area (Å²) in [6.45, 7) is 2.84. The van der Waals surface area contributed by atoms with Crippen molar-refractivity contribution in [3.63, 3.8) is 0 Å². The largest absolute Gasteiger partial charge is 0.497 e. The smallest absolute Gasteiger partial charge is 0.120 e. The fraction of sp³-hybridized carbons (Fsp3) is 0.385. The molecule has 0 saturated heterocycles. The second-order valence-corrected chi connectivity index (χ2v) is 4.05. The molecular formula is C13H18N2O2. The van der Waals surface area contributed by atoms with Crippen molar-refractivity contribution in [1.29, 1.82) is 0 Å². The van der Waals surface area contributed by atoms with E-state index in [1.165, 1.54) is 10.9 Å². The highest BCUT2D eigenvalue weighted by Gasteiger charge is 2.10. The lowest BCUT2D eigenvalue weighted by atomic mass is 10.1. The molecule has 0 saturated carbocycles. The zero-order valence-corrected chi connectivity index (χ0v) is 10.2. The molecular weight excluding hydrogens is 216 g/mol. The molecule has 1 heterocycles. The molecule has 1 unspecified atom stereocenters. The van der Waals surface area contributed by atoms with Crippen molar-refractivity contribution in [2.75, 3.05) is 20.3 Å². The van der Waals surface area contributed by atoms with Gasteiger partial charge in [0.25, 0.3) is 0 Å². The fourth-order valence-electron chi connectivity index (χ4n) is 2.00. The summed E-state index contributed by atoms with van der Waals surface area (Å²) in [7, 11) is 1.66. The zero-order valence-electron chi connectivity index (χ0n) is 10.2. The summed E-state index contributed by atoms with van der Waals surface area (Å²) >= 11 is 0. The Bertz CT molecular complexity index is 493. The lowest BCUT2D eigenvalue weighted by molar-refractivity contribution is 0.286. The van der Waals surface area contributed by atoms with E-state index in [9.17, 15) is 0 Å². The van der Waals surface area contributed by atoms with Crippen molar-refractivity contribution in [3.05, 3.63) is 30.0 Å². The molecule has 1 atom stereocenters. The van der Waals surface area contributed by atoms with Crippen molar-refractivity contribution >= 4 is 10.9 Å². The van der Waals surface area contributed by atoms with Gasteiger partial charge in [0.15, 0.2) is 0 Å². The van der Waals surface area contributed by atoms with E-state index < -0.39 is 0 Å². The van der Waals surface area contributed by atoms with E-state index in [4.69, 9.17) is 9.84 Å². The number of aliphatic hydroxyl groups excluding tert-OH is 1. The van der Waals surface area contributed by atoms with Gasteiger partial charge in [0.05, 0.1) is 13.7 Å². The number of hydrogen-bond acceptors (Lipinski definition) is 3. The predicted molar refractivity (Wildman–Crippen MR) is 68.4 cm³/mol. The van der Waals surface area contributed by atoms with Gasteiger partial charge in [-0.1, -0.05) is 0 Å². The number of fused-ring (bicyclic) bond motifs is 1. The number of H-pyrrole nitrogens is 1. The molecule has 0 aliphatic rings. The van der Waals surface area contributed by atoms with Crippen LogP contribution in [-0.2, 0) is 0 Å². The highest BCUT2D eigenvalue weighted by Crippen LogP contribution is 2.26. The van der Waals surface area contributed by atoms with Crippen LogP contribution in [0.25, 0.3) is 10.9 Å². The van der Waals surface area contributed by atoms with Crippen LogP contribution in [0.5, 0.6) is 5.75 Å². The van der Waals surface area contributed by atoms with Gasteiger partial charge in [-0.3, -0.25) is 0 Å². The van der Waals surface area contributed by atoms with E-state index in [0.29, 0.717) is 6.54 Å². The molecule has 0 fully saturated rings. The van der Waals surface area contributed by atoms with Crippen LogP contribution in [0, 0.1) is 0 Å². The Morgan fingerprint density at radius 3 is 3.00 bits per heavy atom. The van der Waals surface area contributed by atoms with E-state index in [1.54, 1.807) is 7.11 Å². The Morgan fingerprint density at radius 2 is 2.29 bits per heavy atom. The van der Waals surface area contributed by atoms with E-state index in [-0.39, 0.29) is 12.6 Å². The maximum Gasteiger partial charge on any atom is 0.120 e. The first-order chi connectivity index (χ1) is 8.26. The average Bonchev–Trinajstić information content (AvgIpc) is 2.78. The second-order valence-electron chi connectivity index (χ2n) is 4.05. The quantitative estimate of drug-likeness (QED) is 0.739. The third-order valence-electron chi connectivity index (χ3n) is 2.95. The normalized spacial score (nSPS) is 12.9. The van der Waals surface area contributed by atoms with Gasteiger partial charge in [0.2, 0.25) is 0 Å². The van der Waals surface area contributed by atoms with Crippen molar-refractivity contribution in [2.45, 2.75) is 13.0 Å². The Morgan fingerprint density at radius 1 is 1.47 bits per heavy atom. The number of aromatic amines is 1. The van der Waals surface area contributed by atoms with Gasteiger partial charge in [-0.15, -0.1) is 0 Å². The monoisotopic (exact) mass is 234 g/mol. The number of aromatic nitrogens is 1. The number of methoxy groups -OCH3 is 1. The minimum Gasteiger partial charge on any atom is -0.497 e. The summed E-state index contributed by atoms with van der Waals surface area (Å²) in [5.74, 6) is 0.849. The van der Waals surface area contributed by atoms with E-state index >= 15 is 0 Å². The number of aliphatic hydroxyl groups is 1. The van der Waals surface area contributed by atoms with Crippen LogP contribution in [0.4, 0.5) is 0 Å². The third-order valence-corrected chi connectivity index (χ3v) is 2.95. The summed E-state index contributed by atoms with van der Waals surface area (Å²) in [5.41, 5.74) is 2.27. The number of hydrogen-bond donors (Lipinski definition) is 3. The molecule has 1 aromatic carbocycles. The summed E-state index contributed by atoms with van der Waals surface area (Å²) < 4.78 is 5.19. The van der Waals surface area contributed by atoms with Gasteiger partial charge in [-0.25, -0.2) is 0 Å². The molecule has 3 N–H and O–H groups in total. The molecule has 4 heteroatoms. The number of benzene rings is 1. The molecule has 0 amide bonds. The lowest BCUT2D eigenvalue weighted by Crippen LogP contribution is -2.21. The van der Waals surface area contributed by atoms with E-state index in [1.807, 2.05) is 18.3 Å². The van der Waals surface area contributed by atoms with Gasteiger partial charge in [0, 0.05) is 35.8 Å². The molecule has 17 heavy (non-hydrogen) atoms. The summed E-state index contributed by atoms with van der Waals surface area (Å²) in [6.07, 6.45) is 2.00. The molecule has 0 bridgehead atoms. The predicted octanol–water partition coefficient (Wildman–Crippen LogP) is 1.82. The highest BCUT2D eigenvalue weighted by atomic mass is 16.5. The van der Waals surface area contributed by atoms with Gasteiger partial charge >= 0.3 is 0 Å². The highest BCUT2D eigenvalue weighted by molar-refractivity contribution is 5.84. The Hall–Kier alpha value is -1.52. The SMILES string of the molecule is COc1ccc2c(C(C)NCCO)c[nH]c2c1. The van der Waals surface area contributed by atoms with Crippen LogP contribution in [0.2, 0.25) is 0 Å². The van der Waals surface area contributed by atoms with Gasteiger partial charge in [-0.05, 0) is 24.6 Å². The molecule has 1 aromatic heterocycles. The molecule has 0 aliphatic heterocycles. The standard InChI is InChI=1S/C13H18N2O2/c1-9(14-5-6-16)12-8-15-13-7-10(17-2)3-4-11(12)13/h3-4,7-9,14-16H,5-6H2,1-2H3. The van der Waals surface area contributed by atoms with Crippen LogP contribution in [0.15, 0.2) is 24.4 Å². The molecule has 2 rings (SSSR count). The Balaban J connectivity index is 2.29. The minimum atomic E-state index is 0.153. The third kappa shape index (κ3) is 2.43. The topological polar surface area (TPSA) is 57.3 Å². The first-order valence-electron chi connectivity index (χ1n) is 5.75. The van der Waals surface area contributed by atoms with Gasteiger partial charge in [0.1, 0.15) is 5.75 Å². The summed E-state index contributed by atoms with van der Waals surface area (Å²) in [4.78, 5) is 3.24. The van der Waals surface area contributed by atoms with Crippen molar-refractivity contribution in [2.24, 2.45) is 0 Å². The van der Waals surface area contributed by atoms with Crippen molar-refractivity contribution < 1.29 is 9.84 Å². The molecule has 0 aliphatic carbocycles. The molecule has 92 valence electrons.